The number of thiazole rings is 1. The molecule has 21 heavy (non-hydrogen) atoms. The van der Waals surface area contributed by atoms with Crippen LogP contribution >= 0.6 is 11.3 Å². The van der Waals surface area contributed by atoms with Gasteiger partial charge < -0.3 is 5.32 Å². The number of hydrogen-bond donors (Lipinski definition) is 2. The predicted octanol–water partition coefficient (Wildman–Crippen LogP) is 2.07. The summed E-state index contributed by atoms with van der Waals surface area (Å²) < 4.78 is 0. The van der Waals surface area contributed by atoms with Crippen molar-refractivity contribution >= 4 is 22.4 Å². The minimum atomic E-state index is -0.153. The van der Waals surface area contributed by atoms with Crippen molar-refractivity contribution in [1.82, 2.24) is 20.1 Å². The minimum absolute atomic E-state index is 0.00945. The highest BCUT2D eigenvalue weighted by molar-refractivity contribution is 7.13. The average Bonchev–Trinajstić information content (AvgIpc) is 3.20. The third-order valence-corrected chi connectivity index (χ3v) is 4.69. The summed E-state index contributed by atoms with van der Waals surface area (Å²) in [6.07, 6.45) is 5.71. The van der Waals surface area contributed by atoms with Gasteiger partial charge in [-0.3, -0.25) is 14.8 Å². The van der Waals surface area contributed by atoms with E-state index in [2.05, 4.69) is 25.4 Å². The molecule has 3 heterocycles. The van der Waals surface area contributed by atoms with Crippen LogP contribution in [0.25, 0.3) is 0 Å². The summed E-state index contributed by atoms with van der Waals surface area (Å²) >= 11 is 1.44. The number of nitrogens with zero attached hydrogens (tertiary/aromatic N) is 3. The van der Waals surface area contributed by atoms with Gasteiger partial charge in [-0.05, 0) is 32.4 Å². The zero-order valence-corrected chi connectivity index (χ0v) is 12.8. The van der Waals surface area contributed by atoms with Gasteiger partial charge in [-0.15, -0.1) is 11.3 Å². The minimum Gasteiger partial charge on any atom is -0.301 e. The van der Waals surface area contributed by atoms with E-state index in [4.69, 9.17) is 0 Å². The van der Waals surface area contributed by atoms with Gasteiger partial charge in [-0.25, -0.2) is 4.98 Å². The van der Waals surface area contributed by atoms with Crippen LogP contribution in [0.15, 0.2) is 23.8 Å². The van der Waals surface area contributed by atoms with E-state index in [0.717, 1.165) is 31.6 Å². The lowest BCUT2D eigenvalue weighted by Crippen LogP contribution is -2.46. The smallest absolute Gasteiger partial charge is 0.243 e. The van der Waals surface area contributed by atoms with E-state index in [-0.39, 0.29) is 11.9 Å². The molecule has 0 radical (unpaired) electrons. The molecule has 1 amide bonds. The van der Waals surface area contributed by atoms with Gasteiger partial charge in [0.2, 0.25) is 5.91 Å². The fourth-order valence-corrected chi connectivity index (χ4v) is 3.30. The normalized spacial score (nSPS) is 21.1. The van der Waals surface area contributed by atoms with Crippen molar-refractivity contribution in [2.24, 2.45) is 0 Å². The highest BCUT2D eigenvalue weighted by Gasteiger charge is 2.28. The highest BCUT2D eigenvalue weighted by Crippen LogP contribution is 2.26. The molecule has 2 aromatic rings. The first kappa shape index (κ1) is 14.2. The van der Waals surface area contributed by atoms with E-state index in [1.807, 2.05) is 18.4 Å². The molecule has 1 aliphatic heterocycles. The summed E-state index contributed by atoms with van der Waals surface area (Å²) in [6, 6.07) is 1.87. The van der Waals surface area contributed by atoms with Crippen LogP contribution in [0.3, 0.4) is 0 Å². The van der Waals surface area contributed by atoms with Gasteiger partial charge in [0.05, 0.1) is 6.04 Å². The molecule has 1 fully saturated rings. The number of anilines is 1. The topological polar surface area (TPSA) is 73.9 Å². The molecule has 6 nitrogen and oxygen atoms in total. The van der Waals surface area contributed by atoms with Crippen LogP contribution in [0.2, 0.25) is 0 Å². The Hall–Kier alpha value is -1.73. The Labute approximate surface area is 127 Å². The summed E-state index contributed by atoms with van der Waals surface area (Å²) in [5, 5.41) is 12.5. The van der Waals surface area contributed by atoms with Crippen LogP contribution in [0.5, 0.6) is 0 Å². The third-order valence-electron chi connectivity index (χ3n) is 4.00. The van der Waals surface area contributed by atoms with Gasteiger partial charge in [0.15, 0.2) is 5.13 Å². The van der Waals surface area contributed by atoms with Gasteiger partial charge in [-0.2, -0.15) is 5.10 Å². The van der Waals surface area contributed by atoms with Crippen molar-refractivity contribution in [3.8, 4) is 0 Å². The van der Waals surface area contributed by atoms with Crippen molar-refractivity contribution in [2.75, 3.05) is 18.4 Å². The second-order valence-electron chi connectivity index (χ2n) is 5.35. The molecule has 2 aromatic heterocycles. The van der Waals surface area contributed by atoms with Crippen molar-refractivity contribution in [2.45, 2.75) is 31.7 Å². The third kappa shape index (κ3) is 3.30. The molecule has 7 heteroatoms. The molecule has 1 aliphatic rings. The van der Waals surface area contributed by atoms with Gasteiger partial charge in [0, 0.05) is 35.9 Å². The van der Waals surface area contributed by atoms with E-state index in [9.17, 15) is 4.79 Å². The molecule has 2 N–H and O–H groups in total. The zero-order chi connectivity index (χ0) is 14.7. The Morgan fingerprint density at radius 2 is 2.48 bits per heavy atom. The van der Waals surface area contributed by atoms with Gasteiger partial charge in [0.25, 0.3) is 0 Å². The maximum absolute atomic E-state index is 12.3. The van der Waals surface area contributed by atoms with Crippen molar-refractivity contribution in [3.63, 3.8) is 0 Å². The largest absolute Gasteiger partial charge is 0.301 e. The van der Waals surface area contributed by atoms with Crippen LogP contribution in [0.4, 0.5) is 5.13 Å². The molecule has 0 aliphatic carbocycles. The molecule has 0 aromatic carbocycles. The SMILES string of the molecule is C[C@H](C(=O)Nc1nccs1)N1CCC[C@@H](c2ccn[nH]2)C1. The Kier molecular flexibility index (Phi) is 4.31. The molecular weight excluding hydrogens is 286 g/mol. The number of rotatable bonds is 4. The molecule has 0 spiro atoms. The number of piperidine rings is 1. The van der Waals surface area contributed by atoms with Gasteiger partial charge in [-0.1, -0.05) is 0 Å². The Bertz CT molecular complexity index is 568. The lowest BCUT2D eigenvalue weighted by Gasteiger charge is -2.35. The van der Waals surface area contributed by atoms with E-state index in [1.165, 1.54) is 11.3 Å². The number of aromatic amines is 1. The van der Waals surface area contributed by atoms with E-state index in [0.29, 0.717) is 11.0 Å². The van der Waals surface area contributed by atoms with Crippen LogP contribution in [0, 0.1) is 0 Å². The van der Waals surface area contributed by atoms with Crippen molar-refractivity contribution in [1.29, 1.82) is 0 Å². The Balaban J connectivity index is 1.61. The highest BCUT2D eigenvalue weighted by atomic mass is 32.1. The van der Waals surface area contributed by atoms with Crippen molar-refractivity contribution < 1.29 is 4.79 Å². The van der Waals surface area contributed by atoms with E-state index < -0.39 is 0 Å². The second kappa shape index (κ2) is 6.36. The van der Waals surface area contributed by atoms with E-state index >= 15 is 0 Å². The molecule has 3 rings (SSSR count). The maximum atomic E-state index is 12.3. The Morgan fingerprint density at radius 3 is 3.19 bits per heavy atom. The number of H-pyrrole nitrogens is 1. The van der Waals surface area contributed by atoms with E-state index in [1.54, 1.807) is 12.4 Å². The number of carbonyl (C=O) groups is 1. The number of amides is 1. The average molecular weight is 305 g/mol. The lowest BCUT2D eigenvalue weighted by molar-refractivity contribution is -0.121. The van der Waals surface area contributed by atoms with Crippen LogP contribution < -0.4 is 5.32 Å². The first-order chi connectivity index (χ1) is 10.2. The summed E-state index contributed by atoms with van der Waals surface area (Å²) in [6.45, 7) is 3.80. The molecule has 0 unspecified atom stereocenters. The summed E-state index contributed by atoms with van der Waals surface area (Å²) in [5.74, 6) is 0.437. The lowest BCUT2D eigenvalue weighted by atomic mass is 9.94. The fourth-order valence-electron chi connectivity index (χ4n) is 2.77. The standard InChI is InChI=1S/C14H19N5OS/c1-10(13(20)17-14-15-6-8-21-14)19-7-2-3-11(9-19)12-4-5-16-18-12/h4-6,8,10-11H,2-3,7,9H2,1H3,(H,16,18)(H,15,17,20)/t10-,11-/m1/s1. The molecule has 0 bridgehead atoms. The number of carbonyl (C=O) groups excluding carboxylic acids is 1. The maximum Gasteiger partial charge on any atom is 0.243 e. The number of likely N-dealkylation sites (tertiary alicyclic amines) is 1. The van der Waals surface area contributed by atoms with Gasteiger partial charge in [0.1, 0.15) is 0 Å². The zero-order valence-electron chi connectivity index (χ0n) is 12.0. The molecule has 2 atom stereocenters. The fraction of sp³-hybridized carbons (Fsp3) is 0.500. The van der Waals surface area contributed by atoms with Crippen LogP contribution in [-0.2, 0) is 4.79 Å². The summed E-state index contributed by atoms with van der Waals surface area (Å²) in [5.41, 5.74) is 1.16. The van der Waals surface area contributed by atoms with Crippen molar-refractivity contribution in [3.05, 3.63) is 29.5 Å². The number of nitrogens with one attached hydrogen (secondary N) is 2. The monoisotopic (exact) mass is 305 g/mol. The first-order valence-corrected chi connectivity index (χ1v) is 8.05. The number of hydrogen-bond acceptors (Lipinski definition) is 5. The summed E-state index contributed by atoms with van der Waals surface area (Å²) in [4.78, 5) is 18.6. The summed E-state index contributed by atoms with van der Waals surface area (Å²) in [7, 11) is 0. The molecule has 1 saturated heterocycles. The second-order valence-corrected chi connectivity index (χ2v) is 6.24. The van der Waals surface area contributed by atoms with Crippen LogP contribution in [-0.4, -0.2) is 45.1 Å². The van der Waals surface area contributed by atoms with Crippen LogP contribution in [0.1, 0.15) is 31.4 Å². The molecule has 0 saturated carbocycles. The predicted molar refractivity (Wildman–Crippen MR) is 82.3 cm³/mol. The van der Waals surface area contributed by atoms with Gasteiger partial charge >= 0.3 is 0 Å². The molecule has 112 valence electrons. The number of aromatic nitrogens is 3. The Morgan fingerprint density at radius 1 is 1.57 bits per heavy atom. The quantitative estimate of drug-likeness (QED) is 0.907. The molecular formula is C14H19N5OS. The first-order valence-electron chi connectivity index (χ1n) is 7.17.